The van der Waals surface area contributed by atoms with Crippen molar-refractivity contribution >= 4 is 10.2 Å². The van der Waals surface area contributed by atoms with Crippen LogP contribution in [0.1, 0.15) is 0 Å². The van der Waals surface area contributed by atoms with E-state index in [1.807, 2.05) is 0 Å². The van der Waals surface area contributed by atoms with Gasteiger partial charge in [0, 0.05) is 6.54 Å². The van der Waals surface area contributed by atoms with Crippen LogP contribution < -0.4 is 5.14 Å². The number of hydrogen-bond acceptors (Lipinski definition) is 4. The summed E-state index contributed by atoms with van der Waals surface area (Å²) in [5.41, 5.74) is 0. The average Bonchev–Trinajstić information content (AvgIpc) is 2.03. The van der Waals surface area contributed by atoms with Crippen LogP contribution in [-0.2, 0) is 14.9 Å². The summed E-state index contributed by atoms with van der Waals surface area (Å²) < 4.78 is 27.8. The molecule has 12 heavy (non-hydrogen) atoms. The van der Waals surface area contributed by atoms with Crippen LogP contribution in [0.3, 0.4) is 0 Å². The van der Waals surface area contributed by atoms with Crippen molar-refractivity contribution in [3.8, 4) is 0 Å². The summed E-state index contributed by atoms with van der Waals surface area (Å²) in [6.45, 7) is 0.473. The lowest BCUT2D eigenvalue weighted by molar-refractivity contribution is 0.0109. The molecule has 1 aliphatic rings. The minimum absolute atomic E-state index is 0.201. The predicted molar refractivity (Wildman–Crippen MR) is 41.5 cm³/mol. The van der Waals surface area contributed by atoms with E-state index in [-0.39, 0.29) is 19.8 Å². The third-order valence-corrected chi connectivity index (χ3v) is 2.85. The number of nitrogens with zero attached hydrogens (tertiary/aromatic N) is 1. The minimum atomic E-state index is -3.69. The van der Waals surface area contributed by atoms with Gasteiger partial charge in [0.15, 0.2) is 0 Å². The summed E-state index contributed by atoms with van der Waals surface area (Å²) in [5, 5.41) is 13.7. The van der Waals surface area contributed by atoms with Crippen LogP contribution >= 0.6 is 0 Å². The van der Waals surface area contributed by atoms with Crippen molar-refractivity contribution in [2.45, 2.75) is 6.04 Å². The van der Waals surface area contributed by atoms with Crippen molar-refractivity contribution in [2.75, 3.05) is 26.4 Å². The zero-order valence-corrected chi connectivity index (χ0v) is 7.33. The van der Waals surface area contributed by atoms with Gasteiger partial charge in [0.2, 0.25) is 0 Å². The standard InChI is InChI=1S/C5H12N2O4S/c6-12(9,10)7-1-2-11-4-5(7)3-8/h5,8H,1-4H2,(H2,6,9,10). The highest BCUT2D eigenvalue weighted by atomic mass is 32.2. The van der Waals surface area contributed by atoms with E-state index in [4.69, 9.17) is 15.0 Å². The zero-order valence-electron chi connectivity index (χ0n) is 6.51. The second-order valence-corrected chi connectivity index (χ2v) is 4.07. The van der Waals surface area contributed by atoms with Gasteiger partial charge < -0.3 is 9.84 Å². The van der Waals surface area contributed by atoms with Crippen LogP contribution in [0, 0.1) is 0 Å². The lowest BCUT2D eigenvalue weighted by Crippen LogP contribution is -2.52. The first-order valence-corrected chi connectivity index (χ1v) is 5.04. The highest BCUT2D eigenvalue weighted by Crippen LogP contribution is 2.08. The van der Waals surface area contributed by atoms with E-state index in [2.05, 4.69) is 0 Å². The van der Waals surface area contributed by atoms with Gasteiger partial charge in [0.1, 0.15) is 0 Å². The molecule has 0 aromatic carbocycles. The Balaban J connectivity index is 2.72. The van der Waals surface area contributed by atoms with Gasteiger partial charge in [-0.1, -0.05) is 0 Å². The molecule has 1 fully saturated rings. The van der Waals surface area contributed by atoms with Gasteiger partial charge in [-0.25, -0.2) is 5.14 Å². The van der Waals surface area contributed by atoms with Crippen molar-refractivity contribution in [2.24, 2.45) is 5.14 Å². The molecule has 0 spiro atoms. The largest absolute Gasteiger partial charge is 0.395 e. The predicted octanol–water partition coefficient (Wildman–Crippen LogP) is -2.12. The second-order valence-electron chi connectivity index (χ2n) is 2.57. The second kappa shape index (κ2) is 3.67. The van der Waals surface area contributed by atoms with E-state index in [0.29, 0.717) is 6.61 Å². The molecule has 1 aliphatic heterocycles. The van der Waals surface area contributed by atoms with Gasteiger partial charge in [-0.2, -0.15) is 12.7 Å². The van der Waals surface area contributed by atoms with Crippen LogP contribution in [0.2, 0.25) is 0 Å². The fourth-order valence-electron chi connectivity index (χ4n) is 1.12. The summed E-state index contributed by atoms with van der Waals surface area (Å²) in [6, 6.07) is -0.534. The Labute approximate surface area is 71.1 Å². The minimum Gasteiger partial charge on any atom is -0.395 e. The molecule has 7 heteroatoms. The maximum absolute atomic E-state index is 10.9. The fraction of sp³-hybridized carbons (Fsp3) is 1.00. The van der Waals surface area contributed by atoms with Crippen LogP contribution in [0.4, 0.5) is 0 Å². The van der Waals surface area contributed by atoms with Crippen LogP contribution in [0.5, 0.6) is 0 Å². The van der Waals surface area contributed by atoms with Crippen molar-refractivity contribution in [3.05, 3.63) is 0 Å². The van der Waals surface area contributed by atoms with Crippen LogP contribution in [-0.4, -0.2) is 50.2 Å². The SMILES string of the molecule is NS(=O)(=O)N1CCOCC1CO. The molecule has 0 bridgehead atoms. The number of aliphatic hydroxyl groups excluding tert-OH is 1. The Kier molecular flexibility index (Phi) is 3.02. The number of morpholine rings is 1. The van der Waals surface area contributed by atoms with Gasteiger partial charge >= 0.3 is 0 Å². The van der Waals surface area contributed by atoms with E-state index in [0.717, 1.165) is 4.31 Å². The molecular formula is C5H12N2O4S. The normalized spacial score (nSPS) is 27.3. The maximum atomic E-state index is 10.9. The number of ether oxygens (including phenoxy) is 1. The van der Waals surface area contributed by atoms with Crippen molar-refractivity contribution in [1.29, 1.82) is 0 Å². The lowest BCUT2D eigenvalue weighted by atomic mass is 10.3. The first-order valence-electron chi connectivity index (χ1n) is 3.54. The van der Waals surface area contributed by atoms with Gasteiger partial charge in [0.25, 0.3) is 10.2 Å². The van der Waals surface area contributed by atoms with Gasteiger partial charge in [-0.3, -0.25) is 0 Å². The molecule has 1 unspecified atom stereocenters. The molecule has 1 atom stereocenters. The topological polar surface area (TPSA) is 92.9 Å². The highest BCUT2D eigenvalue weighted by Gasteiger charge is 2.29. The lowest BCUT2D eigenvalue weighted by Gasteiger charge is -2.31. The molecule has 0 aliphatic carbocycles. The van der Waals surface area contributed by atoms with E-state index in [1.165, 1.54) is 0 Å². The van der Waals surface area contributed by atoms with Crippen LogP contribution in [0.15, 0.2) is 0 Å². The molecule has 1 saturated heterocycles. The quantitative estimate of drug-likeness (QED) is 0.528. The van der Waals surface area contributed by atoms with Crippen molar-refractivity contribution in [1.82, 2.24) is 4.31 Å². The molecule has 6 nitrogen and oxygen atoms in total. The average molecular weight is 196 g/mol. The third-order valence-electron chi connectivity index (χ3n) is 1.71. The molecule has 0 aromatic rings. The van der Waals surface area contributed by atoms with Crippen molar-refractivity contribution < 1.29 is 18.3 Å². The number of rotatable bonds is 2. The summed E-state index contributed by atoms with van der Waals surface area (Å²) in [7, 11) is -3.69. The molecule has 1 heterocycles. The fourth-order valence-corrected chi connectivity index (χ4v) is 1.99. The Morgan fingerprint density at radius 2 is 2.33 bits per heavy atom. The van der Waals surface area contributed by atoms with Gasteiger partial charge in [-0.15, -0.1) is 0 Å². The third kappa shape index (κ3) is 2.14. The Morgan fingerprint density at radius 1 is 1.67 bits per heavy atom. The smallest absolute Gasteiger partial charge is 0.277 e. The zero-order chi connectivity index (χ0) is 9.19. The Morgan fingerprint density at radius 3 is 2.75 bits per heavy atom. The molecular weight excluding hydrogens is 184 g/mol. The van der Waals surface area contributed by atoms with Crippen LogP contribution in [0.25, 0.3) is 0 Å². The van der Waals surface area contributed by atoms with E-state index >= 15 is 0 Å². The van der Waals surface area contributed by atoms with Gasteiger partial charge in [0.05, 0.1) is 25.9 Å². The van der Waals surface area contributed by atoms with E-state index in [1.54, 1.807) is 0 Å². The van der Waals surface area contributed by atoms with Gasteiger partial charge in [-0.05, 0) is 0 Å². The number of hydrogen-bond donors (Lipinski definition) is 2. The highest BCUT2D eigenvalue weighted by molar-refractivity contribution is 7.86. The first-order chi connectivity index (χ1) is 5.55. The Hall–Kier alpha value is -0.210. The summed E-state index contributed by atoms with van der Waals surface area (Å²) >= 11 is 0. The molecule has 0 radical (unpaired) electrons. The number of aliphatic hydroxyl groups is 1. The maximum Gasteiger partial charge on any atom is 0.277 e. The summed E-state index contributed by atoms with van der Waals surface area (Å²) in [6.07, 6.45) is 0. The summed E-state index contributed by atoms with van der Waals surface area (Å²) in [4.78, 5) is 0. The van der Waals surface area contributed by atoms with E-state index in [9.17, 15) is 8.42 Å². The Bertz CT molecular complexity index is 240. The molecule has 1 rings (SSSR count). The monoisotopic (exact) mass is 196 g/mol. The molecule has 72 valence electrons. The molecule has 3 N–H and O–H groups in total. The van der Waals surface area contributed by atoms with E-state index < -0.39 is 16.3 Å². The molecule has 0 amide bonds. The first kappa shape index (κ1) is 9.87. The molecule has 0 aromatic heterocycles. The van der Waals surface area contributed by atoms with Crippen molar-refractivity contribution in [3.63, 3.8) is 0 Å². The summed E-state index contributed by atoms with van der Waals surface area (Å²) in [5.74, 6) is 0. The number of nitrogens with two attached hydrogens (primary N) is 1. The molecule has 0 saturated carbocycles.